The van der Waals surface area contributed by atoms with Gasteiger partial charge in [-0.25, -0.2) is 15.4 Å². The van der Waals surface area contributed by atoms with E-state index in [0.29, 0.717) is 11.2 Å². The fraction of sp³-hybridized carbons (Fsp3) is 0.375. The third-order valence-electron chi connectivity index (χ3n) is 3.03. The average Bonchev–Trinajstić information content (AvgIpc) is 2.93. The molecule has 0 aliphatic carbocycles. The Morgan fingerprint density at radius 3 is 2.70 bits per heavy atom. The number of nitrogens with zero attached hydrogens (tertiary/aromatic N) is 4. The lowest BCUT2D eigenvalue weighted by atomic mass is 10.4. The van der Waals surface area contributed by atoms with Crippen molar-refractivity contribution in [2.24, 2.45) is 5.10 Å². The Morgan fingerprint density at radius 1 is 1.39 bits per heavy atom. The predicted octanol–water partition coefficient (Wildman–Crippen LogP) is 2.72. The molecule has 0 unspecified atom stereocenters. The summed E-state index contributed by atoms with van der Waals surface area (Å²) in [6.45, 7) is 8.03. The van der Waals surface area contributed by atoms with Crippen LogP contribution < -0.4 is 5.43 Å². The van der Waals surface area contributed by atoms with E-state index < -0.39 is 0 Å². The van der Waals surface area contributed by atoms with Gasteiger partial charge in [0, 0.05) is 35.4 Å². The summed E-state index contributed by atoms with van der Waals surface area (Å²) < 4.78 is 2.08. The fourth-order valence-electron chi connectivity index (χ4n) is 1.93. The number of rotatable bonds is 6. The Morgan fingerprint density at radius 2 is 2.09 bits per heavy atom. The summed E-state index contributed by atoms with van der Waals surface area (Å²) in [5.41, 5.74) is 5.26. The molecular formula is C16H21N5OS. The van der Waals surface area contributed by atoms with Gasteiger partial charge in [0.25, 0.3) is 5.91 Å². The van der Waals surface area contributed by atoms with Crippen LogP contribution in [-0.2, 0) is 4.79 Å². The maximum atomic E-state index is 11.8. The highest BCUT2D eigenvalue weighted by molar-refractivity contribution is 7.99. The fourth-order valence-corrected chi connectivity index (χ4v) is 2.67. The topological polar surface area (TPSA) is 72.2 Å². The van der Waals surface area contributed by atoms with Crippen molar-refractivity contribution in [1.29, 1.82) is 0 Å². The van der Waals surface area contributed by atoms with E-state index in [2.05, 4.69) is 38.9 Å². The van der Waals surface area contributed by atoms with E-state index in [1.54, 1.807) is 6.21 Å². The number of carbonyl (C=O) groups excluding carboxylic acids is 1. The lowest BCUT2D eigenvalue weighted by Gasteiger charge is -2.04. The second kappa shape index (κ2) is 7.92. The van der Waals surface area contributed by atoms with E-state index in [0.717, 1.165) is 17.0 Å². The lowest BCUT2D eigenvalue weighted by molar-refractivity contribution is -0.118. The molecule has 2 aromatic heterocycles. The number of amides is 1. The Labute approximate surface area is 140 Å². The Kier molecular flexibility index (Phi) is 5.92. The van der Waals surface area contributed by atoms with Crippen LogP contribution in [0.4, 0.5) is 0 Å². The van der Waals surface area contributed by atoms with Gasteiger partial charge in [-0.05, 0) is 39.8 Å². The molecule has 0 saturated carbocycles. The van der Waals surface area contributed by atoms with Gasteiger partial charge in [-0.1, -0.05) is 11.8 Å². The molecule has 2 rings (SSSR count). The molecule has 0 aliphatic heterocycles. The van der Waals surface area contributed by atoms with E-state index in [1.165, 1.54) is 11.8 Å². The Balaban J connectivity index is 1.81. The first kappa shape index (κ1) is 17.2. The molecule has 0 fully saturated rings. The van der Waals surface area contributed by atoms with Crippen LogP contribution in [0.1, 0.15) is 36.8 Å². The van der Waals surface area contributed by atoms with Gasteiger partial charge < -0.3 is 4.57 Å². The van der Waals surface area contributed by atoms with Crippen LogP contribution in [0.15, 0.2) is 34.8 Å². The Hall–Kier alpha value is -2.15. The SMILES string of the molecule is Cc1cc(C)nc(SCC(=O)N/N=C\c2ccn(C(C)C)c2)n1. The summed E-state index contributed by atoms with van der Waals surface area (Å²) in [5, 5.41) is 4.58. The van der Waals surface area contributed by atoms with Gasteiger partial charge in [-0.2, -0.15) is 5.10 Å². The summed E-state index contributed by atoms with van der Waals surface area (Å²) in [6.07, 6.45) is 5.61. The van der Waals surface area contributed by atoms with Gasteiger partial charge in [-0.3, -0.25) is 4.79 Å². The van der Waals surface area contributed by atoms with Crippen LogP contribution >= 0.6 is 11.8 Å². The number of nitrogens with one attached hydrogen (secondary N) is 1. The smallest absolute Gasteiger partial charge is 0.250 e. The summed E-state index contributed by atoms with van der Waals surface area (Å²) in [5.74, 6) is 0.0463. The molecular weight excluding hydrogens is 310 g/mol. The number of aromatic nitrogens is 3. The number of hydrogen-bond acceptors (Lipinski definition) is 5. The zero-order valence-corrected chi connectivity index (χ0v) is 14.6. The lowest BCUT2D eigenvalue weighted by Crippen LogP contribution is -2.19. The maximum Gasteiger partial charge on any atom is 0.250 e. The second-order valence-corrected chi connectivity index (χ2v) is 6.44. The van der Waals surface area contributed by atoms with Gasteiger partial charge in [0.2, 0.25) is 0 Å². The van der Waals surface area contributed by atoms with Crippen LogP contribution in [0.3, 0.4) is 0 Å². The highest BCUT2D eigenvalue weighted by Crippen LogP contribution is 2.13. The molecule has 2 aromatic rings. The van der Waals surface area contributed by atoms with Crippen LogP contribution in [0.25, 0.3) is 0 Å². The molecule has 0 aromatic carbocycles. The third kappa shape index (κ3) is 5.52. The van der Waals surface area contributed by atoms with Crippen molar-refractivity contribution in [3.63, 3.8) is 0 Å². The molecule has 122 valence electrons. The molecule has 6 nitrogen and oxygen atoms in total. The van der Waals surface area contributed by atoms with E-state index in [4.69, 9.17) is 0 Å². The molecule has 2 heterocycles. The number of hydrazone groups is 1. The summed E-state index contributed by atoms with van der Waals surface area (Å²) in [7, 11) is 0. The molecule has 7 heteroatoms. The highest BCUT2D eigenvalue weighted by atomic mass is 32.2. The predicted molar refractivity (Wildman–Crippen MR) is 92.8 cm³/mol. The molecule has 0 saturated heterocycles. The van der Waals surface area contributed by atoms with Gasteiger partial charge in [0.05, 0.1) is 12.0 Å². The molecule has 1 amide bonds. The van der Waals surface area contributed by atoms with Crippen molar-refractivity contribution >= 4 is 23.9 Å². The van der Waals surface area contributed by atoms with Gasteiger partial charge in [-0.15, -0.1) is 0 Å². The van der Waals surface area contributed by atoms with Crippen LogP contribution in [0, 0.1) is 13.8 Å². The number of aryl methyl sites for hydroxylation is 2. The van der Waals surface area contributed by atoms with Crippen molar-refractivity contribution in [3.8, 4) is 0 Å². The first-order valence-electron chi connectivity index (χ1n) is 7.38. The first-order chi connectivity index (χ1) is 10.9. The van der Waals surface area contributed by atoms with Crippen LogP contribution in [0.5, 0.6) is 0 Å². The van der Waals surface area contributed by atoms with Crippen LogP contribution in [0.2, 0.25) is 0 Å². The number of thioether (sulfide) groups is 1. The second-order valence-electron chi connectivity index (χ2n) is 5.50. The molecule has 0 radical (unpaired) electrons. The third-order valence-corrected chi connectivity index (χ3v) is 3.88. The van der Waals surface area contributed by atoms with E-state index >= 15 is 0 Å². The molecule has 0 atom stereocenters. The summed E-state index contributed by atoms with van der Waals surface area (Å²) >= 11 is 1.30. The zero-order chi connectivity index (χ0) is 16.8. The zero-order valence-electron chi connectivity index (χ0n) is 13.8. The van der Waals surface area contributed by atoms with E-state index in [-0.39, 0.29) is 11.7 Å². The van der Waals surface area contributed by atoms with Gasteiger partial charge >= 0.3 is 0 Å². The molecule has 1 N–H and O–H groups in total. The first-order valence-corrected chi connectivity index (χ1v) is 8.37. The minimum Gasteiger partial charge on any atom is -0.351 e. The van der Waals surface area contributed by atoms with Crippen LogP contribution in [-0.4, -0.2) is 32.4 Å². The normalized spacial score (nSPS) is 11.3. The minimum atomic E-state index is -0.183. The number of carbonyl (C=O) groups is 1. The Bertz CT molecular complexity index is 688. The summed E-state index contributed by atoms with van der Waals surface area (Å²) in [6, 6.07) is 4.26. The molecule has 23 heavy (non-hydrogen) atoms. The maximum absolute atomic E-state index is 11.8. The molecule has 0 bridgehead atoms. The molecule has 0 spiro atoms. The summed E-state index contributed by atoms with van der Waals surface area (Å²) in [4.78, 5) is 20.4. The van der Waals surface area contributed by atoms with Crippen molar-refractivity contribution in [3.05, 3.63) is 41.5 Å². The van der Waals surface area contributed by atoms with Crippen molar-refractivity contribution < 1.29 is 4.79 Å². The standard InChI is InChI=1S/C16H21N5OS/c1-11(2)21-6-5-14(9-21)8-17-20-15(22)10-23-16-18-12(3)7-13(4)19-16/h5-9,11H,10H2,1-4H3,(H,20,22)/b17-8-. The largest absolute Gasteiger partial charge is 0.351 e. The highest BCUT2D eigenvalue weighted by Gasteiger charge is 2.05. The molecule has 0 aliphatic rings. The van der Waals surface area contributed by atoms with Gasteiger partial charge in [0.1, 0.15) is 0 Å². The van der Waals surface area contributed by atoms with Crippen molar-refractivity contribution in [2.75, 3.05) is 5.75 Å². The average molecular weight is 331 g/mol. The number of hydrogen-bond donors (Lipinski definition) is 1. The van der Waals surface area contributed by atoms with Crippen molar-refractivity contribution in [1.82, 2.24) is 20.0 Å². The van der Waals surface area contributed by atoms with Gasteiger partial charge in [0.15, 0.2) is 5.16 Å². The minimum absolute atomic E-state index is 0.183. The monoisotopic (exact) mass is 331 g/mol. The van der Waals surface area contributed by atoms with Crippen molar-refractivity contribution in [2.45, 2.75) is 38.9 Å². The van der Waals surface area contributed by atoms with E-state index in [9.17, 15) is 4.79 Å². The van der Waals surface area contributed by atoms with E-state index in [1.807, 2.05) is 38.4 Å². The quantitative estimate of drug-likeness (QED) is 0.382.